The number of urea groups is 1. The van der Waals surface area contributed by atoms with Gasteiger partial charge in [-0.1, -0.05) is 24.3 Å². The van der Waals surface area contributed by atoms with Gasteiger partial charge in [-0.15, -0.1) is 0 Å². The molecule has 0 bridgehead atoms. The Morgan fingerprint density at radius 1 is 1.03 bits per heavy atom. The second kappa shape index (κ2) is 9.30. The first-order valence-electron chi connectivity index (χ1n) is 9.67. The summed E-state index contributed by atoms with van der Waals surface area (Å²) in [6, 6.07) is 12.6. The molecule has 2 aromatic rings. The Labute approximate surface area is 175 Å². The summed E-state index contributed by atoms with van der Waals surface area (Å²) in [5.41, 5.74) is 1.23. The van der Waals surface area contributed by atoms with Crippen molar-refractivity contribution in [3.8, 4) is 11.5 Å². The fourth-order valence-corrected chi connectivity index (χ4v) is 3.45. The van der Waals surface area contributed by atoms with Crippen LogP contribution in [0.2, 0.25) is 0 Å². The van der Waals surface area contributed by atoms with E-state index in [1.165, 1.54) is 12.0 Å². The maximum Gasteiger partial charge on any atom is 0.332 e. The first kappa shape index (κ1) is 21.2. The number of para-hydroxylation sites is 1. The molecule has 0 unspecified atom stereocenters. The predicted molar refractivity (Wildman–Crippen MR) is 112 cm³/mol. The molecule has 1 heterocycles. The highest BCUT2D eigenvalue weighted by molar-refractivity contribution is 6.22. The summed E-state index contributed by atoms with van der Waals surface area (Å²) in [7, 11) is 3.07. The molecule has 0 aliphatic carbocycles. The van der Waals surface area contributed by atoms with E-state index in [9.17, 15) is 14.4 Å². The number of imide groups is 1. The average Bonchev–Trinajstić information content (AvgIpc) is 2.98. The van der Waals surface area contributed by atoms with Gasteiger partial charge in [-0.3, -0.25) is 9.59 Å². The van der Waals surface area contributed by atoms with Crippen molar-refractivity contribution < 1.29 is 23.9 Å². The lowest BCUT2D eigenvalue weighted by Crippen LogP contribution is -2.39. The summed E-state index contributed by atoms with van der Waals surface area (Å²) in [5.74, 6) is 0.386. The van der Waals surface area contributed by atoms with Gasteiger partial charge >= 0.3 is 6.03 Å². The van der Waals surface area contributed by atoms with Gasteiger partial charge in [-0.2, -0.15) is 0 Å². The molecule has 1 N–H and O–H groups in total. The lowest BCUT2D eigenvalue weighted by atomic mass is 10.1. The highest BCUT2D eigenvalue weighted by atomic mass is 16.5. The molecule has 0 saturated carbocycles. The third-order valence-corrected chi connectivity index (χ3v) is 4.89. The SMILES string of the molecule is CCNC(=O)C[C@H]1C(=O)N(c2ccccc2)C(=O)N1Cc1ccc(OC)c(OC)c1. The van der Waals surface area contributed by atoms with E-state index < -0.39 is 18.0 Å². The van der Waals surface area contributed by atoms with Crippen molar-refractivity contribution in [2.24, 2.45) is 0 Å². The maximum absolute atomic E-state index is 13.2. The van der Waals surface area contributed by atoms with Crippen LogP contribution < -0.4 is 19.7 Å². The maximum atomic E-state index is 13.2. The summed E-state index contributed by atoms with van der Waals surface area (Å²) < 4.78 is 10.6. The fraction of sp³-hybridized carbons (Fsp3) is 0.318. The molecular weight excluding hydrogens is 386 g/mol. The minimum Gasteiger partial charge on any atom is -0.493 e. The minimum atomic E-state index is -0.891. The summed E-state index contributed by atoms with van der Waals surface area (Å²) in [4.78, 5) is 41.1. The molecule has 4 amide bonds. The largest absolute Gasteiger partial charge is 0.493 e. The van der Waals surface area contributed by atoms with Crippen LogP contribution in [-0.2, 0) is 16.1 Å². The number of carbonyl (C=O) groups is 3. The van der Waals surface area contributed by atoms with Crippen LogP contribution in [-0.4, -0.2) is 49.6 Å². The van der Waals surface area contributed by atoms with Gasteiger partial charge in [0.2, 0.25) is 5.91 Å². The second-order valence-corrected chi connectivity index (χ2v) is 6.78. The number of hydrogen-bond donors (Lipinski definition) is 1. The minimum absolute atomic E-state index is 0.102. The van der Waals surface area contributed by atoms with Crippen molar-refractivity contribution in [1.29, 1.82) is 0 Å². The zero-order valence-corrected chi connectivity index (χ0v) is 17.3. The third kappa shape index (κ3) is 4.22. The molecule has 1 fully saturated rings. The van der Waals surface area contributed by atoms with Crippen molar-refractivity contribution in [2.75, 3.05) is 25.7 Å². The monoisotopic (exact) mass is 411 g/mol. The van der Waals surface area contributed by atoms with Gasteiger partial charge in [0.25, 0.3) is 5.91 Å². The zero-order valence-electron chi connectivity index (χ0n) is 17.3. The highest BCUT2D eigenvalue weighted by Gasteiger charge is 2.46. The summed E-state index contributed by atoms with van der Waals surface area (Å²) >= 11 is 0. The van der Waals surface area contributed by atoms with Gasteiger partial charge < -0.3 is 19.7 Å². The lowest BCUT2D eigenvalue weighted by Gasteiger charge is -2.22. The van der Waals surface area contributed by atoms with Crippen LogP contribution in [0.1, 0.15) is 18.9 Å². The Morgan fingerprint density at radius 2 is 1.73 bits per heavy atom. The van der Waals surface area contributed by atoms with Crippen molar-refractivity contribution in [2.45, 2.75) is 25.9 Å². The molecule has 30 heavy (non-hydrogen) atoms. The molecule has 1 atom stereocenters. The number of methoxy groups -OCH3 is 2. The molecule has 158 valence electrons. The number of rotatable bonds is 8. The van der Waals surface area contributed by atoms with E-state index in [2.05, 4.69) is 5.32 Å². The number of carbonyl (C=O) groups excluding carboxylic acids is 3. The fourth-order valence-electron chi connectivity index (χ4n) is 3.45. The third-order valence-electron chi connectivity index (χ3n) is 4.89. The van der Waals surface area contributed by atoms with Crippen LogP contribution in [0, 0.1) is 0 Å². The summed E-state index contributed by atoms with van der Waals surface area (Å²) in [6.07, 6.45) is -0.102. The van der Waals surface area contributed by atoms with E-state index in [0.717, 1.165) is 10.5 Å². The summed E-state index contributed by atoms with van der Waals surface area (Å²) in [6.45, 7) is 2.40. The van der Waals surface area contributed by atoms with E-state index in [0.29, 0.717) is 23.7 Å². The number of hydrogen-bond acceptors (Lipinski definition) is 5. The van der Waals surface area contributed by atoms with Gasteiger partial charge in [0, 0.05) is 13.1 Å². The topological polar surface area (TPSA) is 88.2 Å². The molecule has 0 aromatic heterocycles. The average molecular weight is 411 g/mol. The number of anilines is 1. The molecule has 0 spiro atoms. The number of nitrogens with one attached hydrogen (secondary N) is 1. The van der Waals surface area contributed by atoms with Crippen LogP contribution in [0.25, 0.3) is 0 Å². The molecule has 8 heteroatoms. The number of nitrogens with zero attached hydrogens (tertiary/aromatic N) is 2. The molecular formula is C22H25N3O5. The van der Waals surface area contributed by atoms with Crippen LogP contribution in [0.3, 0.4) is 0 Å². The molecule has 3 rings (SSSR count). The van der Waals surface area contributed by atoms with Crippen LogP contribution in [0.15, 0.2) is 48.5 Å². The molecule has 2 aromatic carbocycles. The van der Waals surface area contributed by atoms with Gasteiger partial charge in [0.05, 0.1) is 26.3 Å². The number of amides is 4. The summed E-state index contributed by atoms with van der Waals surface area (Å²) in [5, 5.41) is 2.70. The van der Waals surface area contributed by atoms with Gasteiger partial charge in [0.15, 0.2) is 11.5 Å². The van der Waals surface area contributed by atoms with Crippen molar-refractivity contribution in [3.05, 3.63) is 54.1 Å². The Kier molecular flexibility index (Phi) is 6.56. The van der Waals surface area contributed by atoms with Gasteiger partial charge in [-0.25, -0.2) is 9.69 Å². The van der Waals surface area contributed by atoms with Gasteiger partial charge in [0.1, 0.15) is 6.04 Å². The standard InChI is InChI=1S/C22H25N3O5/c1-4-23-20(26)13-17-21(27)25(16-8-6-5-7-9-16)22(28)24(17)14-15-10-11-18(29-2)19(12-15)30-3/h5-12,17H,4,13-14H2,1-3H3,(H,23,26)/t17-/m0/s1. The Morgan fingerprint density at radius 3 is 2.37 bits per heavy atom. The normalized spacial score (nSPS) is 16.0. The van der Waals surface area contributed by atoms with Gasteiger partial charge in [-0.05, 0) is 36.8 Å². The van der Waals surface area contributed by atoms with Crippen LogP contribution in [0.4, 0.5) is 10.5 Å². The second-order valence-electron chi connectivity index (χ2n) is 6.78. The zero-order chi connectivity index (χ0) is 21.7. The lowest BCUT2D eigenvalue weighted by molar-refractivity contribution is -0.127. The van der Waals surface area contributed by atoms with Crippen LogP contribution in [0.5, 0.6) is 11.5 Å². The van der Waals surface area contributed by atoms with Crippen molar-refractivity contribution >= 4 is 23.5 Å². The first-order valence-corrected chi connectivity index (χ1v) is 9.67. The molecule has 1 saturated heterocycles. The number of benzene rings is 2. The first-order chi connectivity index (χ1) is 14.5. The van der Waals surface area contributed by atoms with E-state index in [1.54, 1.807) is 56.5 Å². The quantitative estimate of drug-likeness (QED) is 0.675. The van der Waals surface area contributed by atoms with E-state index in [4.69, 9.17) is 9.47 Å². The highest BCUT2D eigenvalue weighted by Crippen LogP contribution is 2.31. The van der Waals surface area contributed by atoms with Crippen LogP contribution >= 0.6 is 0 Å². The van der Waals surface area contributed by atoms with E-state index >= 15 is 0 Å². The molecule has 1 aliphatic rings. The van der Waals surface area contributed by atoms with Crippen molar-refractivity contribution in [1.82, 2.24) is 10.2 Å². The Balaban J connectivity index is 1.93. The van der Waals surface area contributed by atoms with E-state index in [-0.39, 0.29) is 18.9 Å². The molecule has 8 nitrogen and oxygen atoms in total. The molecule has 0 radical (unpaired) electrons. The van der Waals surface area contributed by atoms with Crippen molar-refractivity contribution in [3.63, 3.8) is 0 Å². The number of ether oxygens (including phenoxy) is 2. The Hall–Kier alpha value is -3.55. The Bertz CT molecular complexity index is 932. The molecule has 1 aliphatic heterocycles. The van der Waals surface area contributed by atoms with E-state index in [1.807, 2.05) is 6.07 Å². The predicted octanol–water partition coefficient (Wildman–Crippen LogP) is 2.57. The smallest absolute Gasteiger partial charge is 0.332 e.